The molecule has 2 rings (SSSR count). The van der Waals surface area contributed by atoms with Crippen molar-refractivity contribution in [3.63, 3.8) is 0 Å². The summed E-state index contributed by atoms with van der Waals surface area (Å²) in [7, 11) is 0. The minimum absolute atomic E-state index is 0. The fourth-order valence-electron chi connectivity index (χ4n) is 1.51. The van der Waals surface area contributed by atoms with Crippen molar-refractivity contribution >= 4 is 35.6 Å². The molecule has 100 valence electrons. The van der Waals surface area contributed by atoms with Crippen molar-refractivity contribution in [3.8, 4) is 0 Å². The predicted octanol–water partition coefficient (Wildman–Crippen LogP) is 3.37. The summed E-state index contributed by atoms with van der Waals surface area (Å²) in [5.74, 6) is -0.00165. The molecule has 0 aromatic heterocycles. The number of hydrogen-bond acceptors (Lipinski definition) is 1. The molecule has 5 heteroatoms. The Balaban J connectivity index is 0.00000180. The molecule has 0 atom stereocenters. The standard InChI is InChI=1S/C14H14FN3.HI/c15-13-9-5-4-6-11(13)10-17-14(16)18-12-7-2-1-3-8-12;/h1-9H,10H2,(H3,16,17,18);1H. The van der Waals surface area contributed by atoms with E-state index >= 15 is 0 Å². The zero-order valence-electron chi connectivity index (χ0n) is 10.2. The van der Waals surface area contributed by atoms with Crippen LogP contribution in [-0.2, 0) is 6.54 Å². The largest absolute Gasteiger partial charge is 0.370 e. The molecular weight excluding hydrogens is 356 g/mol. The van der Waals surface area contributed by atoms with Gasteiger partial charge in [-0.25, -0.2) is 9.38 Å². The SMILES string of the molecule is I.NC(=NCc1ccccc1F)Nc1ccccc1. The molecule has 0 aliphatic heterocycles. The fraction of sp³-hybridized carbons (Fsp3) is 0.0714. The van der Waals surface area contributed by atoms with E-state index in [0.717, 1.165) is 5.69 Å². The third kappa shape index (κ3) is 4.86. The van der Waals surface area contributed by atoms with Crippen LogP contribution < -0.4 is 11.1 Å². The van der Waals surface area contributed by atoms with Gasteiger partial charge in [0.15, 0.2) is 5.96 Å². The summed E-state index contributed by atoms with van der Waals surface area (Å²) in [6.07, 6.45) is 0. The van der Waals surface area contributed by atoms with E-state index in [1.54, 1.807) is 18.2 Å². The average molecular weight is 371 g/mol. The van der Waals surface area contributed by atoms with E-state index in [1.807, 2.05) is 30.3 Å². The summed E-state index contributed by atoms with van der Waals surface area (Å²) < 4.78 is 13.3. The van der Waals surface area contributed by atoms with Crippen molar-refractivity contribution in [1.82, 2.24) is 0 Å². The normalized spacial score (nSPS) is 10.7. The molecule has 3 N–H and O–H groups in total. The Morgan fingerprint density at radius 2 is 1.68 bits per heavy atom. The summed E-state index contributed by atoms with van der Waals surface area (Å²) in [6, 6.07) is 16.0. The summed E-state index contributed by atoms with van der Waals surface area (Å²) in [5, 5.41) is 2.94. The number of nitrogens with zero attached hydrogens (tertiary/aromatic N) is 1. The van der Waals surface area contributed by atoms with Crippen LogP contribution in [0.1, 0.15) is 5.56 Å². The predicted molar refractivity (Wildman–Crippen MR) is 87.2 cm³/mol. The van der Waals surface area contributed by atoms with Gasteiger partial charge in [0.1, 0.15) is 5.82 Å². The molecule has 0 aliphatic rings. The zero-order chi connectivity index (χ0) is 12.8. The third-order valence-corrected chi connectivity index (χ3v) is 2.42. The van der Waals surface area contributed by atoms with E-state index in [1.165, 1.54) is 6.07 Å². The molecule has 0 spiro atoms. The van der Waals surface area contributed by atoms with E-state index in [0.29, 0.717) is 5.56 Å². The molecule has 0 fully saturated rings. The van der Waals surface area contributed by atoms with Crippen LogP contribution in [-0.4, -0.2) is 5.96 Å². The van der Waals surface area contributed by atoms with Gasteiger partial charge in [0.2, 0.25) is 0 Å². The number of halogens is 2. The Morgan fingerprint density at radius 1 is 1.05 bits per heavy atom. The van der Waals surface area contributed by atoms with Crippen LogP contribution in [0.5, 0.6) is 0 Å². The number of benzene rings is 2. The van der Waals surface area contributed by atoms with Crippen LogP contribution in [0.15, 0.2) is 59.6 Å². The van der Waals surface area contributed by atoms with Gasteiger partial charge in [0, 0.05) is 11.3 Å². The maximum atomic E-state index is 13.3. The first-order valence-corrected chi connectivity index (χ1v) is 5.61. The smallest absolute Gasteiger partial charge is 0.193 e. The van der Waals surface area contributed by atoms with E-state index < -0.39 is 0 Å². The number of nitrogens with one attached hydrogen (secondary N) is 1. The lowest BCUT2D eigenvalue weighted by Gasteiger charge is -2.05. The van der Waals surface area contributed by atoms with Crippen LogP contribution in [0.25, 0.3) is 0 Å². The third-order valence-electron chi connectivity index (χ3n) is 2.42. The lowest BCUT2D eigenvalue weighted by atomic mass is 10.2. The highest BCUT2D eigenvalue weighted by molar-refractivity contribution is 14.0. The average Bonchev–Trinajstić information content (AvgIpc) is 2.39. The van der Waals surface area contributed by atoms with E-state index in [9.17, 15) is 4.39 Å². The van der Waals surface area contributed by atoms with Gasteiger partial charge in [-0.05, 0) is 18.2 Å². The van der Waals surface area contributed by atoms with Gasteiger partial charge in [-0.1, -0.05) is 36.4 Å². The van der Waals surface area contributed by atoms with Crippen LogP contribution in [0, 0.1) is 5.82 Å². The molecule has 0 saturated heterocycles. The van der Waals surface area contributed by atoms with Crippen molar-refractivity contribution in [2.24, 2.45) is 10.7 Å². The molecule has 0 aliphatic carbocycles. The van der Waals surface area contributed by atoms with Crippen LogP contribution in [0.3, 0.4) is 0 Å². The lowest BCUT2D eigenvalue weighted by Crippen LogP contribution is -2.22. The van der Waals surface area contributed by atoms with Crippen LogP contribution in [0.4, 0.5) is 10.1 Å². The fourth-order valence-corrected chi connectivity index (χ4v) is 1.51. The van der Waals surface area contributed by atoms with Gasteiger partial charge in [-0.15, -0.1) is 24.0 Å². The van der Waals surface area contributed by atoms with Gasteiger partial charge in [-0.2, -0.15) is 0 Å². The van der Waals surface area contributed by atoms with E-state index in [-0.39, 0.29) is 42.3 Å². The molecule has 2 aromatic carbocycles. The zero-order valence-corrected chi connectivity index (χ0v) is 12.5. The number of anilines is 1. The Labute approximate surface area is 128 Å². The molecule has 0 radical (unpaired) electrons. The molecule has 0 heterocycles. The Hall–Kier alpha value is -1.63. The number of nitrogens with two attached hydrogens (primary N) is 1. The molecule has 0 saturated carbocycles. The second-order valence-electron chi connectivity index (χ2n) is 3.78. The number of hydrogen-bond donors (Lipinski definition) is 2. The number of rotatable bonds is 3. The molecule has 0 amide bonds. The number of aliphatic imine (C=N–C) groups is 1. The highest BCUT2D eigenvalue weighted by Gasteiger charge is 1.99. The van der Waals surface area contributed by atoms with Crippen molar-refractivity contribution in [1.29, 1.82) is 0 Å². The van der Waals surface area contributed by atoms with Crippen molar-refractivity contribution < 1.29 is 4.39 Å². The highest BCUT2D eigenvalue weighted by Crippen LogP contribution is 2.08. The first kappa shape index (κ1) is 15.4. The van der Waals surface area contributed by atoms with Crippen LogP contribution in [0.2, 0.25) is 0 Å². The van der Waals surface area contributed by atoms with Crippen molar-refractivity contribution in [3.05, 3.63) is 66.0 Å². The second-order valence-corrected chi connectivity index (χ2v) is 3.78. The summed E-state index contributed by atoms with van der Waals surface area (Å²) in [4.78, 5) is 4.09. The first-order chi connectivity index (χ1) is 8.75. The Morgan fingerprint density at radius 3 is 2.37 bits per heavy atom. The van der Waals surface area contributed by atoms with Gasteiger partial charge >= 0.3 is 0 Å². The lowest BCUT2D eigenvalue weighted by molar-refractivity contribution is 0.611. The number of guanidine groups is 1. The van der Waals surface area contributed by atoms with Crippen LogP contribution >= 0.6 is 24.0 Å². The number of para-hydroxylation sites is 1. The minimum atomic E-state index is -0.270. The molecule has 0 bridgehead atoms. The van der Waals surface area contributed by atoms with Gasteiger partial charge in [0.05, 0.1) is 6.54 Å². The quantitative estimate of drug-likeness (QED) is 0.494. The summed E-state index contributed by atoms with van der Waals surface area (Å²) in [5.41, 5.74) is 7.10. The Bertz CT molecular complexity index is 543. The monoisotopic (exact) mass is 371 g/mol. The Kier molecular flexibility index (Phi) is 6.27. The highest BCUT2D eigenvalue weighted by atomic mass is 127. The van der Waals surface area contributed by atoms with Gasteiger partial charge in [0.25, 0.3) is 0 Å². The maximum Gasteiger partial charge on any atom is 0.193 e. The molecule has 3 nitrogen and oxygen atoms in total. The van der Waals surface area contributed by atoms with Gasteiger partial charge in [-0.3, -0.25) is 0 Å². The topological polar surface area (TPSA) is 50.4 Å². The molecular formula is C14H15FIN3. The second kappa shape index (κ2) is 7.73. The summed E-state index contributed by atoms with van der Waals surface area (Å²) >= 11 is 0. The maximum absolute atomic E-state index is 13.3. The van der Waals surface area contributed by atoms with Crippen molar-refractivity contribution in [2.45, 2.75) is 6.54 Å². The minimum Gasteiger partial charge on any atom is -0.370 e. The first-order valence-electron chi connectivity index (χ1n) is 5.61. The molecule has 2 aromatic rings. The van der Waals surface area contributed by atoms with Crippen molar-refractivity contribution in [2.75, 3.05) is 5.32 Å². The summed E-state index contributed by atoms with van der Waals surface area (Å²) in [6.45, 7) is 0.221. The molecule has 0 unspecified atom stereocenters. The molecule has 19 heavy (non-hydrogen) atoms. The van der Waals surface area contributed by atoms with E-state index in [2.05, 4.69) is 10.3 Å². The van der Waals surface area contributed by atoms with Gasteiger partial charge < -0.3 is 11.1 Å². The van der Waals surface area contributed by atoms with E-state index in [4.69, 9.17) is 5.73 Å².